The van der Waals surface area contributed by atoms with Gasteiger partial charge < -0.3 is 19.1 Å². The van der Waals surface area contributed by atoms with Crippen LogP contribution in [0, 0.1) is 30.4 Å². The third-order valence-corrected chi connectivity index (χ3v) is 16.0. The van der Waals surface area contributed by atoms with Crippen LogP contribution in [0.2, 0.25) is 0 Å². The first-order valence-electron chi connectivity index (χ1n) is 28.5. The molecule has 0 fully saturated rings. The first-order chi connectivity index (χ1) is 38.4. The van der Waals surface area contributed by atoms with Crippen LogP contribution >= 0.6 is 0 Å². The number of aryl methyl sites for hydroxylation is 2. The van der Waals surface area contributed by atoms with Crippen molar-refractivity contribution in [1.82, 2.24) is 9.55 Å². The van der Waals surface area contributed by atoms with Gasteiger partial charge in [0.25, 0.3) is 0 Å². The topological polar surface area (TPSA) is 33.5 Å². The van der Waals surface area contributed by atoms with Gasteiger partial charge in [0, 0.05) is 78.5 Å². The van der Waals surface area contributed by atoms with Crippen LogP contribution in [0.3, 0.4) is 0 Å². The van der Waals surface area contributed by atoms with Crippen molar-refractivity contribution in [3.05, 3.63) is 222 Å². The van der Waals surface area contributed by atoms with E-state index in [0.717, 1.165) is 91.5 Å². The molecule has 422 valence electrons. The summed E-state index contributed by atoms with van der Waals surface area (Å²) in [5.74, 6) is 0.585. The second kappa shape index (κ2) is 21.8. The molecule has 0 atom stereocenters. The van der Waals surface area contributed by atoms with Gasteiger partial charge in [-0.3, -0.25) is 0 Å². The monoisotopic (exact) mass is 1270 g/mol. The van der Waals surface area contributed by atoms with Crippen molar-refractivity contribution in [3.8, 4) is 50.7 Å². The van der Waals surface area contributed by atoms with Crippen molar-refractivity contribution in [2.45, 2.75) is 131 Å². The fraction of sp³-hybridized carbons (Fsp3) is 0.270. The summed E-state index contributed by atoms with van der Waals surface area (Å²) in [4.78, 5) is 9.31. The van der Waals surface area contributed by atoms with Gasteiger partial charge in [-0.1, -0.05) is 169 Å². The normalized spacial score (nSPS) is 13.0. The Morgan fingerprint density at radius 2 is 1.06 bits per heavy atom. The van der Waals surface area contributed by atoms with Crippen LogP contribution in [0.4, 0.5) is 31.5 Å². The molecular formula is C74H73F2N4OPt-3. The van der Waals surface area contributed by atoms with Crippen LogP contribution in [0.15, 0.2) is 158 Å². The summed E-state index contributed by atoms with van der Waals surface area (Å²) in [7, 11) is 0. The zero-order valence-corrected chi connectivity index (χ0v) is 52.0. The van der Waals surface area contributed by atoms with Crippen molar-refractivity contribution < 1.29 is 34.6 Å². The van der Waals surface area contributed by atoms with Crippen LogP contribution < -0.4 is 14.5 Å². The predicted molar refractivity (Wildman–Crippen MR) is 334 cm³/mol. The van der Waals surface area contributed by atoms with Gasteiger partial charge in [0.15, 0.2) is 0 Å². The smallest absolute Gasteiger partial charge is 0.135 e. The second-order valence-electron chi connectivity index (χ2n) is 25.9. The maximum Gasteiger partial charge on any atom is 0.135 e. The minimum Gasteiger partial charge on any atom is -0.509 e. The molecule has 0 saturated heterocycles. The molecule has 0 N–H and O–H groups in total. The quantitative estimate of drug-likeness (QED) is 0.128. The van der Waals surface area contributed by atoms with Crippen molar-refractivity contribution in [2.24, 2.45) is 0 Å². The van der Waals surface area contributed by atoms with E-state index < -0.39 is 11.6 Å². The van der Waals surface area contributed by atoms with Gasteiger partial charge in [0.1, 0.15) is 17.5 Å². The number of pyridine rings is 1. The van der Waals surface area contributed by atoms with Crippen molar-refractivity contribution in [2.75, 3.05) is 9.80 Å². The molecule has 5 nitrogen and oxygen atoms in total. The molecule has 8 aromatic carbocycles. The largest absolute Gasteiger partial charge is 0.509 e. The summed E-state index contributed by atoms with van der Waals surface area (Å²) in [6.45, 7) is 33.2. The molecule has 2 aromatic heterocycles. The van der Waals surface area contributed by atoms with Crippen LogP contribution in [0.1, 0.15) is 130 Å². The second-order valence-corrected chi connectivity index (χ2v) is 25.9. The molecule has 0 radical (unpaired) electrons. The summed E-state index contributed by atoms with van der Waals surface area (Å²) >= 11 is 0. The van der Waals surface area contributed by atoms with E-state index in [-0.39, 0.29) is 42.7 Å². The summed E-state index contributed by atoms with van der Waals surface area (Å²) in [5, 5.41) is 2.14. The number of para-hydroxylation sites is 3. The molecule has 82 heavy (non-hydrogen) atoms. The van der Waals surface area contributed by atoms with Gasteiger partial charge >= 0.3 is 0 Å². The third-order valence-electron chi connectivity index (χ3n) is 16.0. The Labute approximate surface area is 499 Å². The number of ether oxygens (including phenoxy) is 1. The number of halogens is 2. The maximum atomic E-state index is 15.7. The summed E-state index contributed by atoms with van der Waals surface area (Å²) in [6, 6.07) is 58.7. The molecular weight excluding hydrogens is 1190 g/mol. The third kappa shape index (κ3) is 11.1. The number of fused-ring (bicyclic) bond motifs is 4. The van der Waals surface area contributed by atoms with Gasteiger partial charge in [-0.25, -0.2) is 13.8 Å². The van der Waals surface area contributed by atoms with E-state index in [1.165, 1.54) is 45.5 Å². The zero-order chi connectivity index (χ0) is 57.5. The van der Waals surface area contributed by atoms with E-state index in [1.54, 1.807) is 0 Å². The molecule has 3 heterocycles. The van der Waals surface area contributed by atoms with Crippen LogP contribution in [0.25, 0.3) is 61.0 Å². The number of hydrogen-bond acceptors (Lipinski definition) is 4. The molecule has 0 aliphatic carbocycles. The molecule has 1 aliphatic heterocycles. The zero-order valence-electron chi connectivity index (χ0n) is 49.8. The fourth-order valence-corrected chi connectivity index (χ4v) is 11.4. The Balaban J connectivity index is 0.00000753. The van der Waals surface area contributed by atoms with Gasteiger partial charge in [-0.05, 0) is 145 Å². The summed E-state index contributed by atoms with van der Waals surface area (Å²) < 4.78 is 40.7. The standard InChI is InChI=1S/C74H73F2N4O.Pt/c1-15-46-22-21-23-47(16-2)69(46)50-36-57(43-59(37-50)81-58-28-29-61-60-24-17-18-25-64(60)80(67(61)44-58)68-41-51(30-31-77-68)71(3,4)5)78-45-79(66-27-20-19-26-65(66)78)70-62(48-32-52(72(6,7)8)38-53(33-48)73(9,10)11)39-54(74(12,13)14)40-63(70)49-34-55(75)42-56(76)35-49;/h17-42,45H,15-16H2,1-14H3;/q-3;. The average molecular weight is 1270 g/mol. The Bertz CT molecular complexity index is 4000. The van der Waals surface area contributed by atoms with Crippen LogP contribution in [-0.4, -0.2) is 9.55 Å². The number of nitrogens with zero attached hydrogens (tertiary/aromatic N) is 4. The number of aromatic nitrogens is 2. The van der Waals surface area contributed by atoms with Crippen molar-refractivity contribution >= 4 is 44.6 Å². The Morgan fingerprint density at radius 1 is 0.500 bits per heavy atom. The minimum atomic E-state index is -0.641. The number of benzene rings is 8. The SMILES string of the molecule is CCc1cccc(CC)c1-c1cc(Oc2[c-]c3c(cc2)c2ccccc2n3-c2cc(C(C)(C)C)ccn2)[c-]c(N2[CH-]N(c3c(-c4cc(F)cc(F)c4)cc(C(C)(C)C)cc3-c3cc(C(C)(C)C)cc(C(C)(C)C)c3)c3ccccc32)c1.[Pt]. The van der Waals surface area contributed by atoms with Crippen molar-refractivity contribution in [1.29, 1.82) is 0 Å². The fourth-order valence-electron chi connectivity index (χ4n) is 11.4. The molecule has 10 aromatic rings. The molecule has 1 aliphatic rings. The van der Waals surface area contributed by atoms with E-state index in [0.29, 0.717) is 22.6 Å². The number of anilines is 4. The van der Waals surface area contributed by atoms with Gasteiger partial charge in [0.05, 0.1) is 0 Å². The predicted octanol–water partition coefficient (Wildman–Crippen LogP) is 20.6. The summed E-state index contributed by atoms with van der Waals surface area (Å²) in [5.41, 5.74) is 16.8. The minimum absolute atomic E-state index is 0. The average Bonchev–Trinajstić information content (AvgIpc) is 3.87. The first kappa shape index (κ1) is 57.9. The number of rotatable bonds is 10. The molecule has 0 unspecified atom stereocenters. The van der Waals surface area contributed by atoms with Gasteiger partial charge in [0.2, 0.25) is 0 Å². The Morgan fingerprint density at radius 3 is 1.66 bits per heavy atom. The molecule has 0 amide bonds. The van der Waals surface area contributed by atoms with E-state index in [9.17, 15) is 0 Å². The van der Waals surface area contributed by atoms with E-state index in [4.69, 9.17) is 9.72 Å². The first-order valence-corrected chi connectivity index (χ1v) is 28.5. The molecule has 11 rings (SSSR count). The number of hydrogen-bond donors (Lipinski definition) is 0. The van der Waals surface area contributed by atoms with Crippen molar-refractivity contribution in [3.63, 3.8) is 0 Å². The van der Waals surface area contributed by atoms with E-state index in [2.05, 4.69) is 251 Å². The van der Waals surface area contributed by atoms with E-state index in [1.807, 2.05) is 18.3 Å². The summed E-state index contributed by atoms with van der Waals surface area (Å²) in [6.07, 6.45) is 3.57. The van der Waals surface area contributed by atoms with Crippen LogP contribution in [-0.2, 0) is 55.6 Å². The van der Waals surface area contributed by atoms with Gasteiger partial charge in [-0.2, -0.15) is 6.07 Å². The molecule has 0 bridgehead atoms. The molecule has 0 saturated carbocycles. The molecule has 0 spiro atoms. The Hall–Kier alpha value is -7.34. The van der Waals surface area contributed by atoms with E-state index >= 15 is 8.78 Å². The molecule has 8 heteroatoms. The Kier molecular flexibility index (Phi) is 15.4. The van der Waals surface area contributed by atoms with Crippen LogP contribution in [0.5, 0.6) is 11.5 Å². The van der Waals surface area contributed by atoms with Gasteiger partial charge in [-0.15, -0.1) is 53.6 Å². The maximum absolute atomic E-state index is 15.7.